The molecule has 3 aromatic rings. The van der Waals surface area contributed by atoms with Gasteiger partial charge in [0, 0.05) is 19.0 Å². The zero-order valence-electron chi connectivity index (χ0n) is 15.2. The highest BCUT2D eigenvalue weighted by atomic mass is 16.6. The molecule has 0 saturated carbocycles. The summed E-state index contributed by atoms with van der Waals surface area (Å²) in [6.07, 6.45) is 2.75. The Morgan fingerprint density at radius 1 is 1.21 bits per heavy atom. The normalized spacial score (nSPS) is 14.8. The maximum Gasteiger partial charge on any atom is 0.373 e. The first-order valence-electron chi connectivity index (χ1n) is 8.89. The van der Waals surface area contributed by atoms with Gasteiger partial charge in [0.25, 0.3) is 0 Å². The molecule has 1 aliphatic rings. The average Bonchev–Trinajstić information content (AvgIpc) is 3.15. The van der Waals surface area contributed by atoms with Crippen molar-refractivity contribution < 1.29 is 14.2 Å². The van der Waals surface area contributed by atoms with Gasteiger partial charge in [-0.2, -0.15) is 9.97 Å². The smallest absolute Gasteiger partial charge is 0.373 e. The van der Waals surface area contributed by atoms with Gasteiger partial charge < -0.3 is 14.2 Å². The third-order valence-electron chi connectivity index (χ3n) is 4.60. The van der Waals surface area contributed by atoms with Crippen LogP contribution >= 0.6 is 0 Å². The Bertz CT molecular complexity index is 969. The highest BCUT2D eigenvalue weighted by Gasteiger charge is 2.32. The molecule has 4 rings (SSSR count). The van der Waals surface area contributed by atoms with Crippen molar-refractivity contribution in [1.29, 1.82) is 0 Å². The lowest BCUT2D eigenvalue weighted by atomic mass is 9.97. The number of para-hydroxylation sites is 1. The quantitative estimate of drug-likeness (QED) is 0.483. The Morgan fingerprint density at radius 2 is 1.96 bits per heavy atom. The molecule has 0 aliphatic carbocycles. The number of ether oxygens (including phenoxy) is 1. The lowest BCUT2D eigenvalue weighted by molar-refractivity contribution is -0.385. The van der Waals surface area contributed by atoms with Crippen LogP contribution in [0.2, 0.25) is 0 Å². The van der Waals surface area contributed by atoms with Gasteiger partial charge >= 0.3 is 11.6 Å². The molecule has 28 heavy (non-hydrogen) atoms. The van der Waals surface area contributed by atoms with Crippen LogP contribution in [0.5, 0.6) is 11.6 Å². The summed E-state index contributed by atoms with van der Waals surface area (Å²) in [7, 11) is 0. The van der Waals surface area contributed by atoms with E-state index in [1.54, 1.807) is 31.2 Å². The van der Waals surface area contributed by atoms with Crippen LogP contribution < -0.4 is 9.64 Å². The van der Waals surface area contributed by atoms with Crippen LogP contribution in [-0.4, -0.2) is 38.1 Å². The summed E-state index contributed by atoms with van der Waals surface area (Å²) < 4.78 is 10.9. The number of anilines is 1. The van der Waals surface area contributed by atoms with Gasteiger partial charge in [-0.15, -0.1) is 0 Å². The fourth-order valence-corrected chi connectivity index (χ4v) is 3.24. The maximum absolute atomic E-state index is 11.7. The summed E-state index contributed by atoms with van der Waals surface area (Å²) in [5.41, 5.74) is -0.238. The molecule has 1 fully saturated rings. The zero-order valence-corrected chi connectivity index (χ0v) is 15.2. The van der Waals surface area contributed by atoms with Crippen LogP contribution in [0.3, 0.4) is 0 Å². The van der Waals surface area contributed by atoms with Crippen LogP contribution in [-0.2, 0) is 0 Å². The van der Waals surface area contributed by atoms with E-state index in [0.717, 1.165) is 12.8 Å². The monoisotopic (exact) mass is 382 g/mol. The van der Waals surface area contributed by atoms with Crippen molar-refractivity contribution in [3.8, 4) is 11.6 Å². The van der Waals surface area contributed by atoms with Gasteiger partial charge in [0.05, 0.1) is 4.92 Å². The van der Waals surface area contributed by atoms with Crippen LogP contribution in [0.4, 0.5) is 11.5 Å². The second-order valence-corrected chi connectivity index (χ2v) is 6.46. The summed E-state index contributed by atoms with van der Waals surface area (Å²) in [4.78, 5) is 25.6. The van der Waals surface area contributed by atoms with Crippen molar-refractivity contribution in [2.75, 3.05) is 18.0 Å². The summed E-state index contributed by atoms with van der Waals surface area (Å²) in [5, 5.41) is 15.6. The Morgan fingerprint density at radius 3 is 2.61 bits per heavy atom. The third-order valence-corrected chi connectivity index (χ3v) is 4.60. The summed E-state index contributed by atoms with van der Waals surface area (Å²) in [6, 6.07) is 8.83. The van der Waals surface area contributed by atoms with E-state index in [-0.39, 0.29) is 23.3 Å². The van der Waals surface area contributed by atoms with Gasteiger partial charge in [0.1, 0.15) is 12.1 Å². The molecule has 1 aliphatic heterocycles. The standard InChI is InChI=1S/C18H18N6O4/c1-12-21-17(28-22-12)13-7-9-23(10-8-13)16-15(24(25)26)18(20-11-19-16)27-14-5-3-2-4-6-14/h2-6,11,13H,7-10H2,1H3. The molecular formula is C18H18N6O4. The molecule has 1 aromatic carbocycles. The van der Waals surface area contributed by atoms with Gasteiger partial charge in [0.2, 0.25) is 11.7 Å². The zero-order chi connectivity index (χ0) is 19.5. The fourth-order valence-electron chi connectivity index (χ4n) is 3.24. The molecule has 3 heterocycles. The van der Waals surface area contributed by atoms with Gasteiger partial charge in [0.15, 0.2) is 5.82 Å². The van der Waals surface area contributed by atoms with E-state index < -0.39 is 4.92 Å². The second kappa shape index (κ2) is 7.59. The Labute approximate surface area is 160 Å². The van der Waals surface area contributed by atoms with Gasteiger partial charge in [-0.05, 0) is 31.9 Å². The Balaban J connectivity index is 1.56. The molecule has 10 nitrogen and oxygen atoms in total. The Kier molecular flexibility index (Phi) is 4.83. The van der Waals surface area contributed by atoms with Crippen LogP contribution in [0.25, 0.3) is 0 Å². The first-order valence-corrected chi connectivity index (χ1v) is 8.89. The number of benzene rings is 1. The van der Waals surface area contributed by atoms with Gasteiger partial charge in [-0.3, -0.25) is 10.1 Å². The first kappa shape index (κ1) is 17.8. The topological polar surface area (TPSA) is 120 Å². The molecule has 10 heteroatoms. The van der Waals surface area contributed by atoms with Crippen LogP contribution in [0.1, 0.15) is 30.5 Å². The minimum atomic E-state index is -0.499. The molecule has 0 unspecified atom stereocenters. The van der Waals surface area contributed by atoms with E-state index >= 15 is 0 Å². The van der Waals surface area contributed by atoms with E-state index in [0.29, 0.717) is 30.6 Å². The Hall–Kier alpha value is -3.56. The predicted molar refractivity (Wildman–Crippen MR) is 98.4 cm³/mol. The molecule has 0 radical (unpaired) electrons. The molecule has 0 atom stereocenters. The fraction of sp³-hybridized carbons (Fsp3) is 0.333. The predicted octanol–water partition coefficient (Wildman–Crippen LogP) is 3.25. The maximum atomic E-state index is 11.7. The molecule has 2 aromatic heterocycles. The molecule has 0 spiro atoms. The summed E-state index contributed by atoms with van der Waals surface area (Å²) in [6.45, 7) is 2.93. The van der Waals surface area contributed by atoms with E-state index in [9.17, 15) is 10.1 Å². The van der Waals surface area contributed by atoms with Gasteiger partial charge in [-0.1, -0.05) is 23.4 Å². The molecule has 144 valence electrons. The van der Waals surface area contributed by atoms with Crippen molar-refractivity contribution in [1.82, 2.24) is 20.1 Å². The third kappa shape index (κ3) is 3.61. The van der Waals surface area contributed by atoms with E-state index in [2.05, 4.69) is 20.1 Å². The van der Waals surface area contributed by atoms with E-state index in [4.69, 9.17) is 9.26 Å². The highest BCUT2D eigenvalue weighted by molar-refractivity contribution is 5.63. The highest BCUT2D eigenvalue weighted by Crippen LogP contribution is 2.38. The number of piperidine rings is 1. The van der Waals surface area contributed by atoms with Crippen molar-refractivity contribution in [3.63, 3.8) is 0 Å². The number of nitrogens with zero attached hydrogens (tertiary/aromatic N) is 6. The average molecular weight is 382 g/mol. The molecule has 0 amide bonds. The van der Waals surface area contributed by atoms with E-state index in [1.807, 2.05) is 11.0 Å². The largest absolute Gasteiger partial charge is 0.434 e. The number of hydrogen-bond donors (Lipinski definition) is 0. The lowest BCUT2D eigenvalue weighted by Crippen LogP contribution is -2.34. The second-order valence-electron chi connectivity index (χ2n) is 6.46. The van der Waals surface area contributed by atoms with Crippen molar-refractivity contribution in [2.24, 2.45) is 0 Å². The van der Waals surface area contributed by atoms with Crippen LogP contribution in [0.15, 0.2) is 41.2 Å². The minimum absolute atomic E-state index is 0.0733. The van der Waals surface area contributed by atoms with Crippen molar-refractivity contribution in [2.45, 2.75) is 25.7 Å². The molecular weight excluding hydrogens is 364 g/mol. The van der Waals surface area contributed by atoms with Crippen LogP contribution in [0, 0.1) is 17.0 Å². The van der Waals surface area contributed by atoms with Crippen molar-refractivity contribution >= 4 is 11.5 Å². The number of nitro groups is 1. The number of aromatic nitrogens is 4. The number of aryl methyl sites for hydroxylation is 1. The molecule has 1 saturated heterocycles. The lowest BCUT2D eigenvalue weighted by Gasteiger charge is -2.30. The SMILES string of the molecule is Cc1noc(C2CCN(c3ncnc(Oc4ccccc4)c3[N+](=O)[O-])CC2)n1. The summed E-state index contributed by atoms with van der Waals surface area (Å²) in [5.74, 6) is 2.01. The number of hydrogen-bond acceptors (Lipinski definition) is 9. The molecule has 0 bridgehead atoms. The van der Waals surface area contributed by atoms with Crippen molar-refractivity contribution in [3.05, 3.63) is 58.5 Å². The number of rotatable bonds is 5. The van der Waals surface area contributed by atoms with E-state index in [1.165, 1.54) is 6.33 Å². The molecule has 0 N–H and O–H groups in total. The first-order chi connectivity index (χ1) is 13.6. The minimum Gasteiger partial charge on any atom is -0.434 e. The van der Waals surface area contributed by atoms with Gasteiger partial charge in [-0.25, -0.2) is 4.98 Å². The summed E-state index contributed by atoms with van der Waals surface area (Å²) >= 11 is 0.